The molecule has 1 saturated carbocycles. The lowest BCUT2D eigenvalue weighted by atomic mass is 9.88. The average Bonchev–Trinajstić information content (AvgIpc) is 2.54. The van der Waals surface area contributed by atoms with E-state index < -0.39 is 0 Å². The predicted octanol–water partition coefficient (Wildman–Crippen LogP) is 3.57. The highest BCUT2D eigenvalue weighted by atomic mass is 35.5. The van der Waals surface area contributed by atoms with Gasteiger partial charge in [-0.15, -0.1) is 12.4 Å². The van der Waals surface area contributed by atoms with E-state index in [9.17, 15) is 4.79 Å². The lowest BCUT2D eigenvalue weighted by molar-refractivity contribution is -0.127. The minimum atomic E-state index is 0. The van der Waals surface area contributed by atoms with E-state index in [-0.39, 0.29) is 31.0 Å². The number of rotatable bonds is 3. The number of fused-ring (bicyclic) bond motifs is 1. The minimum absolute atomic E-state index is 0. The van der Waals surface area contributed by atoms with Crippen molar-refractivity contribution in [3.63, 3.8) is 0 Å². The summed E-state index contributed by atoms with van der Waals surface area (Å²) >= 11 is 0. The lowest BCUT2D eigenvalue weighted by Gasteiger charge is -2.32. The van der Waals surface area contributed by atoms with Crippen LogP contribution in [0, 0.1) is 5.92 Å². The summed E-state index contributed by atoms with van der Waals surface area (Å²) in [5.74, 6) is 0.621. The van der Waals surface area contributed by atoms with Gasteiger partial charge in [0, 0.05) is 17.9 Å². The van der Waals surface area contributed by atoms with Gasteiger partial charge in [-0.25, -0.2) is 0 Å². The second kappa shape index (κ2) is 8.02. The summed E-state index contributed by atoms with van der Waals surface area (Å²) < 4.78 is 5.93. The van der Waals surface area contributed by atoms with Crippen LogP contribution in [0.15, 0.2) is 18.2 Å². The van der Waals surface area contributed by atoms with Gasteiger partial charge in [0.15, 0.2) is 0 Å². The van der Waals surface area contributed by atoms with E-state index in [2.05, 4.69) is 6.92 Å². The number of nitrogen functional groups attached to an aromatic ring is 1. The molecule has 0 bridgehead atoms. The Labute approximate surface area is 144 Å². The Morgan fingerprint density at radius 1 is 1.30 bits per heavy atom. The van der Waals surface area contributed by atoms with Gasteiger partial charge < -0.3 is 15.4 Å². The third-order valence-corrected chi connectivity index (χ3v) is 5.04. The van der Waals surface area contributed by atoms with E-state index in [1.54, 1.807) is 0 Å². The number of nitrogens with two attached hydrogens (primary N) is 1. The number of carbonyl (C=O) groups excluding carboxylic acids is 1. The molecular weight excluding hydrogens is 312 g/mol. The third-order valence-electron chi connectivity index (χ3n) is 5.04. The number of halogens is 1. The maximum Gasteiger partial charge on any atom is 0.252 e. The van der Waals surface area contributed by atoms with Crippen molar-refractivity contribution in [1.82, 2.24) is 0 Å². The van der Waals surface area contributed by atoms with E-state index in [0.717, 1.165) is 42.7 Å². The maximum atomic E-state index is 12.6. The first-order valence-corrected chi connectivity index (χ1v) is 8.46. The molecule has 0 radical (unpaired) electrons. The van der Waals surface area contributed by atoms with Crippen LogP contribution in [0.25, 0.3) is 0 Å². The van der Waals surface area contributed by atoms with Crippen molar-refractivity contribution in [2.24, 2.45) is 5.92 Å². The summed E-state index contributed by atoms with van der Waals surface area (Å²) in [6.07, 6.45) is 6.95. The summed E-state index contributed by atoms with van der Waals surface area (Å²) in [4.78, 5) is 14.4. The highest BCUT2D eigenvalue weighted by Gasteiger charge is 2.26. The Kier molecular flexibility index (Phi) is 6.31. The molecule has 5 heteroatoms. The number of amides is 1. The van der Waals surface area contributed by atoms with Crippen molar-refractivity contribution < 1.29 is 9.53 Å². The number of carbonyl (C=O) groups is 1. The third kappa shape index (κ3) is 3.99. The lowest BCUT2D eigenvalue weighted by Crippen LogP contribution is -2.39. The summed E-state index contributed by atoms with van der Waals surface area (Å²) in [7, 11) is 0. The second-order valence-corrected chi connectivity index (χ2v) is 6.61. The molecule has 2 N–H and O–H groups in total. The van der Waals surface area contributed by atoms with E-state index in [4.69, 9.17) is 10.5 Å². The largest absolute Gasteiger partial charge is 0.398 e. The summed E-state index contributed by atoms with van der Waals surface area (Å²) in [5.41, 5.74) is 8.91. The van der Waals surface area contributed by atoms with Crippen LogP contribution < -0.4 is 10.6 Å². The molecule has 128 valence electrons. The predicted molar refractivity (Wildman–Crippen MR) is 96.1 cm³/mol. The first-order chi connectivity index (χ1) is 10.7. The zero-order chi connectivity index (χ0) is 15.5. The zero-order valence-corrected chi connectivity index (χ0v) is 14.6. The van der Waals surface area contributed by atoms with Gasteiger partial charge in [-0.2, -0.15) is 0 Å². The molecule has 1 aromatic rings. The van der Waals surface area contributed by atoms with Gasteiger partial charge in [0.2, 0.25) is 0 Å². The quantitative estimate of drug-likeness (QED) is 0.857. The van der Waals surface area contributed by atoms with Crippen LogP contribution in [0.5, 0.6) is 0 Å². The Morgan fingerprint density at radius 2 is 2.09 bits per heavy atom. The Bertz CT molecular complexity index is 550. The standard InChI is InChI=1S/C18H26N2O2.ClH/c1-13-6-2-3-10-17(13)22-12-18(21)20-11-5-7-14-15(19)8-4-9-16(14)20;/h4,8-9,13,17H,2-3,5-7,10-12,19H2,1H3;1H. The highest BCUT2D eigenvalue weighted by Crippen LogP contribution is 2.32. The molecule has 1 aliphatic heterocycles. The molecule has 3 rings (SSSR count). The molecule has 0 aromatic heterocycles. The maximum absolute atomic E-state index is 12.6. The van der Waals surface area contributed by atoms with Crippen LogP contribution in [-0.2, 0) is 16.0 Å². The van der Waals surface area contributed by atoms with Crippen LogP contribution in [0.1, 0.15) is 44.6 Å². The van der Waals surface area contributed by atoms with E-state index >= 15 is 0 Å². The van der Waals surface area contributed by atoms with Crippen molar-refractivity contribution in [3.05, 3.63) is 23.8 Å². The number of hydrogen-bond acceptors (Lipinski definition) is 3. The van der Waals surface area contributed by atoms with E-state index in [1.807, 2.05) is 23.1 Å². The summed E-state index contributed by atoms with van der Waals surface area (Å²) in [5, 5.41) is 0. The van der Waals surface area contributed by atoms with Crippen LogP contribution in [-0.4, -0.2) is 25.2 Å². The van der Waals surface area contributed by atoms with Crippen molar-refractivity contribution >= 4 is 29.7 Å². The SMILES string of the molecule is CC1CCCCC1OCC(=O)N1CCCc2c(N)cccc21.Cl. The van der Waals surface area contributed by atoms with Gasteiger partial charge in [0.1, 0.15) is 6.61 Å². The number of anilines is 2. The van der Waals surface area contributed by atoms with Gasteiger partial charge in [0.25, 0.3) is 5.91 Å². The van der Waals surface area contributed by atoms with Gasteiger partial charge in [-0.05, 0) is 49.3 Å². The van der Waals surface area contributed by atoms with Crippen LogP contribution in [0.4, 0.5) is 11.4 Å². The molecule has 4 nitrogen and oxygen atoms in total. The first kappa shape index (κ1) is 18.1. The van der Waals surface area contributed by atoms with Gasteiger partial charge in [-0.3, -0.25) is 4.79 Å². The number of benzene rings is 1. The van der Waals surface area contributed by atoms with Crippen molar-refractivity contribution in [2.75, 3.05) is 23.8 Å². The molecule has 23 heavy (non-hydrogen) atoms. The van der Waals surface area contributed by atoms with Crippen molar-refractivity contribution in [2.45, 2.75) is 51.6 Å². The molecule has 1 fully saturated rings. The molecule has 1 amide bonds. The van der Waals surface area contributed by atoms with E-state index in [1.165, 1.54) is 19.3 Å². The zero-order valence-electron chi connectivity index (χ0n) is 13.8. The van der Waals surface area contributed by atoms with Gasteiger partial charge in [0.05, 0.1) is 6.10 Å². The molecule has 2 aliphatic rings. The summed E-state index contributed by atoms with van der Waals surface area (Å²) in [6, 6.07) is 5.82. The first-order valence-electron chi connectivity index (χ1n) is 8.46. The summed E-state index contributed by atoms with van der Waals surface area (Å²) in [6.45, 7) is 3.17. The van der Waals surface area contributed by atoms with Gasteiger partial charge >= 0.3 is 0 Å². The minimum Gasteiger partial charge on any atom is -0.398 e. The Morgan fingerprint density at radius 3 is 2.87 bits per heavy atom. The van der Waals surface area contributed by atoms with Crippen molar-refractivity contribution in [1.29, 1.82) is 0 Å². The second-order valence-electron chi connectivity index (χ2n) is 6.61. The molecule has 2 unspecified atom stereocenters. The van der Waals surface area contributed by atoms with Crippen LogP contribution in [0.2, 0.25) is 0 Å². The topological polar surface area (TPSA) is 55.6 Å². The molecular formula is C18H27ClN2O2. The molecule has 1 aliphatic carbocycles. The fourth-order valence-electron chi connectivity index (χ4n) is 3.70. The van der Waals surface area contributed by atoms with Crippen molar-refractivity contribution in [3.8, 4) is 0 Å². The van der Waals surface area contributed by atoms with E-state index in [0.29, 0.717) is 5.92 Å². The Hall–Kier alpha value is -1.26. The molecule has 0 saturated heterocycles. The normalized spacial score (nSPS) is 23.8. The molecule has 2 atom stereocenters. The fraction of sp³-hybridized carbons (Fsp3) is 0.611. The number of hydrogen-bond donors (Lipinski definition) is 1. The molecule has 0 spiro atoms. The number of nitrogens with zero attached hydrogens (tertiary/aromatic N) is 1. The fourth-order valence-corrected chi connectivity index (χ4v) is 3.70. The smallest absolute Gasteiger partial charge is 0.252 e. The highest BCUT2D eigenvalue weighted by molar-refractivity contribution is 5.96. The average molecular weight is 339 g/mol. The molecule has 1 heterocycles. The Balaban J connectivity index is 0.00000192. The molecule has 1 aromatic carbocycles. The monoisotopic (exact) mass is 338 g/mol. The van der Waals surface area contributed by atoms with Gasteiger partial charge in [-0.1, -0.05) is 25.8 Å². The van der Waals surface area contributed by atoms with Crippen LogP contribution >= 0.6 is 12.4 Å². The number of ether oxygens (including phenoxy) is 1. The van der Waals surface area contributed by atoms with Crippen LogP contribution in [0.3, 0.4) is 0 Å².